The van der Waals surface area contributed by atoms with E-state index in [-0.39, 0.29) is 24.8 Å². The molecule has 1 atom stereocenters. The van der Waals surface area contributed by atoms with E-state index in [9.17, 15) is 14.7 Å². The monoisotopic (exact) mass is 506 g/mol. The summed E-state index contributed by atoms with van der Waals surface area (Å²) in [6.45, 7) is 2.02. The van der Waals surface area contributed by atoms with Crippen LogP contribution in [0.15, 0.2) is 79.1 Å². The van der Waals surface area contributed by atoms with Crippen molar-refractivity contribution in [2.24, 2.45) is 0 Å². The molecule has 1 amide bonds. The second-order valence-electron chi connectivity index (χ2n) is 8.86. The van der Waals surface area contributed by atoms with Gasteiger partial charge in [0, 0.05) is 23.3 Å². The molecule has 37 heavy (non-hydrogen) atoms. The van der Waals surface area contributed by atoms with Crippen LogP contribution in [0, 0.1) is 6.92 Å². The SMILES string of the molecule is CSCC[C@H](NC(=O)c1ccc(CCc2cncc3ccccc23)cc1-c1ccccc1C)C(=O)O.[LiH]. The topological polar surface area (TPSA) is 79.3 Å². The molecule has 4 rings (SSSR count). The number of carboxylic acid groups (broad SMARTS) is 1. The number of carboxylic acids is 1. The summed E-state index contributed by atoms with van der Waals surface area (Å²) in [7, 11) is 0. The second kappa shape index (κ2) is 13.5. The zero-order valence-electron chi connectivity index (χ0n) is 20.5. The molecule has 0 spiro atoms. The number of hydrogen-bond acceptors (Lipinski definition) is 4. The number of benzene rings is 3. The first-order valence-corrected chi connectivity index (χ1v) is 13.4. The zero-order chi connectivity index (χ0) is 25.5. The number of carbonyl (C=O) groups is 2. The minimum absolute atomic E-state index is 0. The minimum atomic E-state index is -1.02. The number of aromatic nitrogens is 1. The van der Waals surface area contributed by atoms with E-state index >= 15 is 0 Å². The average molecular weight is 507 g/mol. The van der Waals surface area contributed by atoms with Crippen LogP contribution in [-0.4, -0.2) is 58.9 Å². The van der Waals surface area contributed by atoms with E-state index in [0.29, 0.717) is 17.7 Å². The van der Waals surface area contributed by atoms with E-state index in [1.165, 1.54) is 10.9 Å². The average Bonchev–Trinajstić information content (AvgIpc) is 2.89. The molecule has 0 saturated heterocycles. The van der Waals surface area contributed by atoms with E-state index in [1.807, 2.05) is 74.1 Å². The quantitative estimate of drug-likeness (QED) is 0.286. The predicted octanol–water partition coefficient (Wildman–Crippen LogP) is 5.28. The number of aryl methyl sites for hydroxylation is 3. The van der Waals surface area contributed by atoms with E-state index in [0.717, 1.165) is 40.5 Å². The van der Waals surface area contributed by atoms with Gasteiger partial charge < -0.3 is 10.4 Å². The van der Waals surface area contributed by atoms with Crippen LogP contribution in [0.4, 0.5) is 0 Å². The van der Waals surface area contributed by atoms with Gasteiger partial charge in [0.25, 0.3) is 5.91 Å². The number of aliphatic carboxylic acids is 1. The zero-order valence-corrected chi connectivity index (χ0v) is 21.3. The Morgan fingerprint density at radius 1 is 0.973 bits per heavy atom. The van der Waals surface area contributed by atoms with Crippen molar-refractivity contribution in [1.82, 2.24) is 10.3 Å². The van der Waals surface area contributed by atoms with Crippen LogP contribution in [0.5, 0.6) is 0 Å². The Hall–Kier alpha value is -3.04. The maximum absolute atomic E-state index is 13.3. The van der Waals surface area contributed by atoms with Crippen molar-refractivity contribution in [3.63, 3.8) is 0 Å². The summed E-state index contributed by atoms with van der Waals surface area (Å²) in [6.07, 6.45) is 7.72. The van der Waals surface area contributed by atoms with Crippen LogP contribution in [0.1, 0.15) is 33.5 Å². The second-order valence-corrected chi connectivity index (χ2v) is 9.85. The van der Waals surface area contributed by atoms with E-state index in [2.05, 4.69) is 28.5 Å². The van der Waals surface area contributed by atoms with Crippen LogP contribution in [0.2, 0.25) is 0 Å². The molecule has 3 aromatic carbocycles. The van der Waals surface area contributed by atoms with Gasteiger partial charge in [-0.1, -0.05) is 60.7 Å². The molecule has 2 N–H and O–H groups in total. The fourth-order valence-electron chi connectivity index (χ4n) is 4.43. The van der Waals surface area contributed by atoms with Crippen molar-refractivity contribution >= 4 is 53.3 Å². The number of nitrogens with one attached hydrogen (secondary N) is 1. The number of carbonyl (C=O) groups excluding carboxylic acids is 1. The van der Waals surface area contributed by atoms with Gasteiger partial charge in [-0.3, -0.25) is 9.78 Å². The Morgan fingerprint density at radius 2 is 1.73 bits per heavy atom. The number of hydrogen-bond donors (Lipinski definition) is 2. The Labute approximate surface area is 234 Å². The fraction of sp³-hybridized carbons (Fsp3) is 0.233. The van der Waals surface area contributed by atoms with Gasteiger partial charge in [-0.15, -0.1) is 0 Å². The summed E-state index contributed by atoms with van der Waals surface area (Å²) in [4.78, 5) is 29.4. The molecule has 0 aliphatic rings. The van der Waals surface area contributed by atoms with Crippen LogP contribution in [0.3, 0.4) is 0 Å². The molecule has 0 unspecified atom stereocenters. The first-order chi connectivity index (χ1) is 17.5. The number of amides is 1. The summed E-state index contributed by atoms with van der Waals surface area (Å²) in [5, 5.41) is 14.7. The summed E-state index contributed by atoms with van der Waals surface area (Å²) in [5.41, 5.74) is 5.61. The van der Waals surface area contributed by atoms with Crippen LogP contribution < -0.4 is 5.32 Å². The van der Waals surface area contributed by atoms with Gasteiger partial charge in [0.15, 0.2) is 0 Å². The first kappa shape index (κ1) is 28.5. The van der Waals surface area contributed by atoms with Gasteiger partial charge in [0.1, 0.15) is 6.04 Å². The molecule has 0 bridgehead atoms. The Morgan fingerprint density at radius 3 is 2.49 bits per heavy atom. The molecule has 5 nitrogen and oxygen atoms in total. The third-order valence-electron chi connectivity index (χ3n) is 6.41. The van der Waals surface area contributed by atoms with Crippen molar-refractivity contribution in [2.75, 3.05) is 12.0 Å². The van der Waals surface area contributed by atoms with Gasteiger partial charge in [-0.2, -0.15) is 11.8 Å². The van der Waals surface area contributed by atoms with Gasteiger partial charge in [-0.25, -0.2) is 4.79 Å². The van der Waals surface area contributed by atoms with Gasteiger partial charge >= 0.3 is 24.8 Å². The molecular formula is C30H31LiN2O3S. The van der Waals surface area contributed by atoms with Crippen molar-refractivity contribution < 1.29 is 14.7 Å². The molecule has 186 valence electrons. The third kappa shape index (κ3) is 7.05. The van der Waals surface area contributed by atoms with Gasteiger partial charge in [0.05, 0.1) is 0 Å². The molecule has 1 aromatic heterocycles. The van der Waals surface area contributed by atoms with E-state index in [4.69, 9.17) is 0 Å². The van der Waals surface area contributed by atoms with Crippen molar-refractivity contribution in [3.8, 4) is 11.1 Å². The predicted molar refractivity (Wildman–Crippen MR) is 155 cm³/mol. The summed E-state index contributed by atoms with van der Waals surface area (Å²) in [6, 6.07) is 21.1. The summed E-state index contributed by atoms with van der Waals surface area (Å²) < 4.78 is 0. The van der Waals surface area contributed by atoms with Crippen LogP contribution in [-0.2, 0) is 17.6 Å². The third-order valence-corrected chi connectivity index (χ3v) is 7.06. The van der Waals surface area contributed by atoms with E-state index in [1.54, 1.807) is 11.8 Å². The first-order valence-electron chi connectivity index (χ1n) is 12.0. The maximum atomic E-state index is 13.3. The Kier molecular flexibility index (Phi) is 10.4. The summed E-state index contributed by atoms with van der Waals surface area (Å²) in [5.74, 6) is -0.731. The van der Waals surface area contributed by atoms with Gasteiger partial charge in [0.2, 0.25) is 0 Å². The van der Waals surface area contributed by atoms with Crippen LogP contribution >= 0.6 is 11.8 Å². The summed E-state index contributed by atoms with van der Waals surface area (Å²) >= 11 is 1.56. The number of nitrogens with zero attached hydrogens (tertiary/aromatic N) is 1. The Balaban J connectivity index is 0.00000380. The molecule has 0 aliphatic carbocycles. The van der Waals surface area contributed by atoms with Crippen molar-refractivity contribution in [2.45, 2.75) is 32.2 Å². The molecule has 7 heteroatoms. The molecule has 1 heterocycles. The molecule has 0 aliphatic heterocycles. The molecule has 4 aromatic rings. The normalized spacial score (nSPS) is 11.5. The molecule has 0 fully saturated rings. The van der Waals surface area contributed by atoms with Crippen molar-refractivity contribution in [3.05, 3.63) is 101 Å². The number of fused-ring (bicyclic) bond motifs is 1. The standard InChI is InChI=1S/C30H30N2O3S.Li.H/c1-20-7-3-5-9-24(20)27-17-21(11-13-23-19-31-18-22-8-4-6-10-25(22)23)12-14-26(27)29(33)32-28(30(34)35)15-16-36-2;;/h3-10,12,14,17-19,28H,11,13,15-16H2,1-2H3,(H,32,33)(H,34,35);;/t28-;;/m0../s1. The number of pyridine rings is 1. The number of rotatable bonds is 10. The molecular weight excluding hydrogens is 475 g/mol. The Bertz CT molecular complexity index is 1390. The van der Waals surface area contributed by atoms with Crippen LogP contribution in [0.25, 0.3) is 21.9 Å². The van der Waals surface area contributed by atoms with E-state index < -0.39 is 12.0 Å². The van der Waals surface area contributed by atoms with Gasteiger partial charge in [-0.05, 0) is 77.5 Å². The molecule has 0 radical (unpaired) electrons. The van der Waals surface area contributed by atoms with Crippen molar-refractivity contribution in [1.29, 1.82) is 0 Å². The fourth-order valence-corrected chi connectivity index (χ4v) is 4.90. The number of thioether (sulfide) groups is 1. The molecule has 0 saturated carbocycles.